The van der Waals surface area contributed by atoms with Crippen LogP contribution in [0.5, 0.6) is 5.75 Å². The molecule has 2 N–H and O–H groups in total. The van der Waals surface area contributed by atoms with E-state index in [1.54, 1.807) is 4.68 Å². The lowest BCUT2D eigenvalue weighted by atomic mass is 9.94. The van der Waals surface area contributed by atoms with Gasteiger partial charge in [0.2, 0.25) is 5.95 Å². The Morgan fingerprint density at radius 1 is 0.971 bits per heavy atom. The zero-order valence-corrected chi connectivity index (χ0v) is 19.9. The van der Waals surface area contributed by atoms with Gasteiger partial charge in [-0.2, -0.15) is 10.1 Å². The molecule has 3 aromatic carbocycles. The average Bonchev–Trinajstić information content (AvgIpc) is 3.32. The first-order valence-electron chi connectivity index (χ1n) is 11.5. The van der Waals surface area contributed by atoms with E-state index in [0.717, 1.165) is 22.4 Å². The van der Waals surface area contributed by atoms with Crippen LogP contribution in [-0.4, -0.2) is 20.7 Å². The quantitative estimate of drug-likeness (QED) is 0.398. The summed E-state index contributed by atoms with van der Waals surface area (Å²) >= 11 is 0. The largest absolute Gasteiger partial charge is 0.489 e. The highest BCUT2D eigenvalue weighted by molar-refractivity contribution is 6.06. The van der Waals surface area contributed by atoms with Crippen molar-refractivity contribution in [3.8, 4) is 5.75 Å². The molecule has 4 aromatic rings. The summed E-state index contributed by atoms with van der Waals surface area (Å²) in [5, 5.41) is 10.7. The van der Waals surface area contributed by atoms with Gasteiger partial charge >= 0.3 is 0 Å². The van der Waals surface area contributed by atoms with Gasteiger partial charge in [-0.05, 0) is 44.5 Å². The molecule has 5 rings (SSSR count). The van der Waals surface area contributed by atoms with Crippen molar-refractivity contribution in [2.75, 3.05) is 10.6 Å². The maximum atomic E-state index is 13.6. The van der Waals surface area contributed by atoms with Crippen molar-refractivity contribution in [1.29, 1.82) is 0 Å². The van der Waals surface area contributed by atoms with Crippen molar-refractivity contribution in [3.05, 3.63) is 113 Å². The molecule has 176 valence electrons. The number of aromatic nitrogens is 3. The summed E-state index contributed by atoms with van der Waals surface area (Å²) in [5.74, 6) is 1.06. The summed E-state index contributed by atoms with van der Waals surface area (Å²) in [4.78, 5) is 17.9. The van der Waals surface area contributed by atoms with Gasteiger partial charge in [0, 0.05) is 16.9 Å². The number of ether oxygens (including phenoxy) is 1. The summed E-state index contributed by atoms with van der Waals surface area (Å²) in [7, 11) is 0. The second kappa shape index (κ2) is 9.46. The Morgan fingerprint density at radius 3 is 2.40 bits per heavy atom. The maximum absolute atomic E-state index is 13.6. The van der Waals surface area contributed by atoms with Gasteiger partial charge in [-0.15, -0.1) is 0 Å². The Balaban J connectivity index is 1.50. The van der Waals surface area contributed by atoms with Gasteiger partial charge in [-0.1, -0.05) is 65.7 Å². The lowest BCUT2D eigenvalue weighted by Gasteiger charge is -2.29. The third-order valence-corrected chi connectivity index (χ3v) is 6.08. The standard InChI is InChI=1S/C28H27N5O2/c1-18-8-12-21(13-9-18)16-35-24-7-5-4-6-23(24)26-25(20(3)31-28-29-17-30-33(26)28)27(34)32-22-14-10-19(2)11-15-22/h4-15,17,26H,16H2,1-3H3,(H,32,34)(H,29,30,31). The Kier molecular flexibility index (Phi) is 6.06. The highest BCUT2D eigenvalue weighted by Crippen LogP contribution is 2.39. The minimum Gasteiger partial charge on any atom is -0.489 e. The summed E-state index contributed by atoms with van der Waals surface area (Å²) in [5.41, 5.74) is 6.23. The number of para-hydroxylation sites is 1. The Hall–Kier alpha value is -4.39. The first-order valence-corrected chi connectivity index (χ1v) is 11.5. The first-order chi connectivity index (χ1) is 17.0. The van der Waals surface area contributed by atoms with Crippen molar-refractivity contribution in [1.82, 2.24) is 14.8 Å². The SMILES string of the molecule is CC1=C(C(=O)Nc2ccc(C)cc2)C(c2ccccc2OCc2ccc(C)cc2)n2ncnc2N1. The summed E-state index contributed by atoms with van der Waals surface area (Å²) < 4.78 is 7.99. The smallest absolute Gasteiger partial charge is 0.255 e. The molecule has 1 aliphatic rings. The minimum absolute atomic E-state index is 0.210. The molecule has 0 fully saturated rings. The lowest BCUT2D eigenvalue weighted by Crippen LogP contribution is -2.31. The number of hydrogen-bond donors (Lipinski definition) is 2. The second-order valence-electron chi connectivity index (χ2n) is 8.73. The van der Waals surface area contributed by atoms with E-state index in [9.17, 15) is 4.79 Å². The molecule has 0 saturated heterocycles. The topological polar surface area (TPSA) is 81.1 Å². The van der Waals surface area contributed by atoms with Gasteiger partial charge in [-0.3, -0.25) is 4.79 Å². The monoisotopic (exact) mass is 465 g/mol. The Morgan fingerprint density at radius 2 is 1.66 bits per heavy atom. The van der Waals surface area contributed by atoms with Crippen molar-refractivity contribution in [2.45, 2.75) is 33.4 Å². The van der Waals surface area contributed by atoms with Gasteiger partial charge < -0.3 is 15.4 Å². The van der Waals surface area contributed by atoms with E-state index >= 15 is 0 Å². The van der Waals surface area contributed by atoms with E-state index in [-0.39, 0.29) is 5.91 Å². The molecule has 1 amide bonds. The molecular formula is C28H27N5O2. The number of amides is 1. The number of carbonyl (C=O) groups is 1. The van der Waals surface area contributed by atoms with Crippen LogP contribution in [0.4, 0.5) is 11.6 Å². The zero-order valence-electron chi connectivity index (χ0n) is 19.9. The van der Waals surface area contributed by atoms with Crippen molar-refractivity contribution in [2.24, 2.45) is 0 Å². The highest BCUT2D eigenvalue weighted by Gasteiger charge is 2.35. The highest BCUT2D eigenvalue weighted by atomic mass is 16.5. The molecule has 0 spiro atoms. The molecule has 0 bridgehead atoms. The normalized spacial score (nSPS) is 14.8. The van der Waals surface area contributed by atoms with Crippen molar-refractivity contribution < 1.29 is 9.53 Å². The number of aryl methyl sites for hydroxylation is 2. The van der Waals surface area contributed by atoms with Crippen LogP contribution in [0.3, 0.4) is 0 Å². The molecule has 1 atom stereocenters. The summed E-state index contributed by atoms with van der Waals surface area (Å²) in [6, 6.07) is 23.2. The number of rotatable bonds is 6. The predicted molar refractivity (Wildman–Crippen MR) is 136 cm³/mol. The third-order valence-electron chi connectivity index (χ3n) is 6.08. The fraction of sp³-hybridized carbons (Fsp3) is 0.179. The molecule has 1 aliphatic heterocycles. The van der Waals surface area contributed by atoms with E-state index < -0.39 is 6.04 Å². The van der Waals surface area contributed by atoms with Crippen LogP contribution in [0.1, 0.15) is 35.2 Å². The number of fused-ring (bicyclic) bond motifs is 1. The lowest BCUT2D eigenvalue weighted by molar-refractivity contribution is -0.113. The fourth-order valence-corrected chi connectivity index (χ4v) is 4.19. The molecule has 7 nitrogen and oxygen atoms in total. The average molecular weight is 466 g/mol. The van der Waals surface area contributed by atoms with E-state index in [0.29, 0.717) is 29.6 Å². The van der Waals surface area contributed by atoms with Gasteiger partial charge in [0.15, 0.2) is 0 Å². The second-order valence-corrected chi connectivity index (χ2v) is 8.73. The molecule has 7 heteroatoms. The predicted octanol–water partition coefficient (Wildman–Crippen LogP) is 5.40. The van der Waals surface area contributed by atoms with Crippen molar-refractivity contribution in [3.63, 3.8) is 0 Å². The van der Waals surface area contributed by atoms with Gasteiger partial charge in [0.1, 0.15) is 24.7 Å². The molecular weight excluding hydrogens is 438 g/mol. The number of allylic oxidation sites excluding steroid dienone is 1. The van der Waals surface area contributed by atoms with Gasteiger partial charge in [0.25, 0.3) is 5.91 Å². The molecule has 0 aliphatic carbocycles. The van der Waals surface area contributed by atoms with Crippen LogP contribution in [0, 0.1) is 13.8 Å². The van der Waals surface area contributed by atoms with E-state index in [4.69, 9.17) is 4.74 Å². The molecule has 1 aromatic heterocycles. The van der Waals surface area contributed by atoms with Gasteiger partial charge in [0.05, 0.1) is 5.57 Å². The minimum atomic E-state index is -0.506. The number of carbonyl (C=O) groups excluding carboxylic acids is 1. The number of hydrogen-bond acceptors (Lipinski definition) is 5. The molecule has 35 heavy (non-hydrogen) atoms. The van der Waals surface area contributed by atoms with Crippen LogP contribution in [0.25, 0.3) is 0 Å². The number of nitrogens with one attached hydrogen (secondary N) is 2. The fourth-order valence-electron chi connectivity index (χ4n) is 4.19. The van der Waals surface area contributed by atoms with E-state index in [1.807, 2.05) is 62.4 Å². The van der Waals surface area contributed by atoms with Crippen LogP contribution < -0.4 is 15.4 Å². The van der Waals surface area contributed by atoms with E-state index in [1.165, 1.54) is 11.9 Å². The molecule has 0 radical (unpaired) electrons. The Bertz CT molecular complexity index is 1390. The first kappa shape index (κ1) is 22.4. The van der Waals surface area contributed by atoms with Crippen LogP contribution >= 0.6 is 0 Å². The summed E-state index contributed by atoms with van der Waals surface area (Å²) in [6.07, 6.45) is 1.49. The van der Waals surface area contributed by atoms with Gasteiger partial charge in [-0.25, -0.2) is 4.68 Å². The maximum Gasteiger partial charge on any atom is 0.255 e. The van der Waals surface area contributed by atoms with Crippen LogP contribution in [0.2, 0.25) is 0 Å². The molecule has 1 unspecified atom stereocenters. The Labute approximate surface area is 204 Å². The van der Waals surface area contributed by atoms with E-state index in [2.05, 4.69) is 51.9 Å². The van der Waals surface area contributed by atoms with Crippen LogP contribution in [0.15, 0.2) is 90.4 Å². The van der Waals surface area contributed by atoms with Crippen LogP contribution in [-0.2, 0) is 11.4 Å². The third kappa shape index (κ3) is 4.66. The molecule has 2 heterocycles. The number of anilines is 2. The molecule has 0 saturated carbocycles. The number of nitrogens with zero attached hydrogens (tertiary/aromatic N) is 3. The van der Waals surface area contributed by atoms with Crippen molar-refractivity contribution >= 4 is 17.5 Å². The number of benzene rings is 3. The summed E-state index contributed by atoms with van der Waals surface area (Å²) in [6.45, 7) is 6.37. The zero-order chi connectivity index (χ0) is 24.4.